The third-order valence-electron chi connectivity index (χ3n) is 5.34. The maximum atomic E-state index is 12.8. The summed E-state index contributed by atoms with van der Waals surface area (Å²) in [6.45, 7) is 5.02. The normalized spacial score (nSPS) is 14.5. The topological polar surface area (TPSA) is 59.1 Å². The van der Waals surface area contributed by atoms with Gasteiger partial charge in [0, 0.05) is 37.3 Å². The molecule has 2 aromatic carbocycles. The number of rotatable bonds is 7. The number of carbonyl (C=O) groups excluding carboxylic acids is 2. The third kappa shape index (κ3) is 4.95. The number of hydrogen-bond acceptors (Lipinski definition) is 5. The van der Waals surface area contributed by atoms with Gasteiger partial charge in [-0.05, 0) is 30.2 Å². The number of methoxy groups -OCH3 is 2. The maximum absolute atomic E-state index is 12.8. The van der Waals surface area contributed by atoms with Crippen LogP contribution in [-0.4, -0.2) is 68.4 Å². The summed E-state index contributed by atoms with van der Waals surface area (Å²) in [6, 6.07) is 13.0. The van der Waals surface area contributed by atoms with Crippen molar-refractivity contribution in [2.75, 3.05) is 46.9 Å². The van der Waals surface area contributed by atoms with Gasteiger partial charge in [-0.2, -0.15) is 0 Å². The van der Waals surface area contributed by atoms with Gasteiger partial charge in [-0.15, -0.1) is 0 Å². The second kappa shape index (κ2) is 9.56. The summed E-state index contributed by atoms with van der Waals surface area (Å²) in [4.78, 5) is 29.3. The molecule has 0 saturated carbocycles. The van der Waals surface area contributed by atoms with Crippen molar-refractivity contribution in [3.8, 4) is 11.5 Å². The summed E-state index contributed by atoms with van der Waals surface area (Å²) < 4.78 is 10.5. The van der Waals surface area contributed by atoms with E-state index in [0.29, 0.717) is 49.8 Å². The molecule has 0 atom stereocenters. The Morgan fingerprint density at radius 2 is 1.48 bits per heavy atom. The number of amides is 1. The Morgan fingerprint density at radius 1 is 0.862 bits per heavy atom. The molecule has 1 aliphatic heterocycles. The molecule has 0 aliphatic carbocycles. The lowest BCUT2D eigenvalue weighted by Crippen LogP contribution is -2.49. The highest BCUT2D eigenvalue weighted by atomic mass is 16.5. The molecule has 0 spiro atoms. The summed E-state index contributed by atoms with van der Waals surface area (Å²) in [5, 5.41) is 0. The minimum absolute atomic E-state index is 0.0351. The van der Waals surface area contributed by atoms with Crippen molar-refractivity contribution in [1.29, 1.82) is 0 Å². The van der Waals surface area contributed by atoms with E-state index in [0.717, 1.165) is 12.0 Å². The molecule has 0 aromatic heterocycles. The number of Topliss-reactive ketones (excluding diaryl/α,β-unsaturated/α-hetero) is 1. The van der Waals surface area contributed by atoms with Gasteiger partial charge in [-0.3, -0.25) is 14.5 Å². The smallest absolute Gasteiger partial charge is 0.254 e. The van der Waals surface area contributed by atoms with E-state index in [4.69, 9.17) is 9.47 Å². The van der Waals surface area contributed by atoms with E-state index in [-0.39, 0.29) is 11.7 Å². The highest BCUT2D eigenvalue weighted by Crippen LogP contribution is 2.28. The first-order chi connectivity index (χ1) is 14.0. The fourth-order valence-electron chi connectivity index (χ4n) is 3.48. The Bertz CT molecular complexity index is 856. The number of carbonyl (C=O) groups is 2. The van der Waals surface area contributed by atoms with Crippen LogP contribution < -0.4 is 9.47 Å². The van der Waals surface area contributed by atoms with E-state index in [1.807, 2.05) is 29.2 Å². The van der Waals surface area contributed by atoms with E-state index in [1.165, 1.54) is 5.56 Å². The first-order valence-corrected chi connectivity index (χ1v) is 9.91. The first-order valence-electron chi connectivity index (χ1n) is 9.91. The van der Waals surface area contributed by atoms with E-state index in [9.17, 15) is 9.59 Å². The van der Waals surface area contributed by atoms with Crippen LogP contribution in [0, 0.1) is 0 Å². The van der Waals surface area contributed by atoms with Crippen molar-refractivity contribution in [1.82, 2.24) is 9.80 Å². The van der Waals surface area contributed by atoms with Gasteiger partial charge < -0.3 is 14.4 Å². The van der Waals surface area contributed by atoms with Crippen LogP contribution in [-0.2, 0) is 6.42 Å². The molecule has 1 aliphatic rings. The monoisotopic (exact) mass is 396 g/mol. The zero-order valence-electron chi connectivity index (χ0n) is 17.3. The molecule has 6 nitrogen and oxygen atoms in total. The predicted octanol–water partition coefficient (Wildman–Crippen LogP) is 2.91. The Balaban J connectivity index is 1.55. The second-order valence-electron chi connectivity index (χ2n) is 7.11. The first kappa shape index (κ1) is 20.9. The molecule has 6 heteroatoms. The molecule has 0 radical (unpaired) electrons. The van der Waals surface area contributed by atoms with Crippen LogP contribution in [0.4, 0.5) is 0 Å². The molecule has 1 heterocycles. The average molecular weight is 396 g/mol. The summed E-state index contributed by atoms with van der Waals surface area (Å²) in [6.07, 6.45) is 0.963. The average Bonchev–Trinajstić information content (AvgIpc) is 2.78. The van der Waals surface area contributed by atoms with Gasteiger partial charge in [0.2, 0.25) is 0 Å². The molecule has 0 bridgehead atoms. The fraction of sp³-hybridized carbons (Fsp3) is 0.391. The summed E-state index contributed by atoms with van der Waals surface area (Å²) in [5.74, 6) is 1.22. The number of aryl methyl sites for hydroxylation is 1. The van der Waals surface area contributed by atoms with E-state index in [1.54, 1.807) is 32.4 Å². The van der Waals surface area contributed by atoms with Gasteiger partial charge in [-0.1, -0.05) is 31.2 Å². The zero-order valence-corrected chi connectivity index (χ0v) is 17.3. The van der Waals surface area contributed by atoms with Crippen molar-refractivity contribution < 1.29 is 19.1 Å². The number of hydrogen-bond donors (Lipinski definition) is 0. The highest BCUT2D eigenvalue weighted by Gasteiger charge is 2.24. The molecule has 29 heavy (non-hydrogen) atoms. The van der Waals surface area contributed by atoms with Crippen LogP contribution in [0.15, 0.2) is 42.5 Å². The number of benzene rings is 2. The lowest BCUT2D eigenvalue weighted by atomic mass is 10.1. The van der Waals surface area contributed by atoms with Crippen molar-refractivity contribution in [3.63, 3.8) is 0 Å². The molecule has 1 saturated heterocycles. The number of ether oxygens (including phenoxy) is 2. The van der Waals surface area contributed by atoms with Crippen molar-refractivity contribution >= 4 is 11.7 Å². The Hall–Kier alpha value is -2.86. The summed E-state index contributed by atoms with van der Waals surface area (Å²) >= 11 is 0. The predicted molar refractivity (Wildman–Crippen MR) is 112 cm³/mol. The highest BCUT2D eigenvalue weighted by molar-refractivity contribution is 5.97. The molecule has 0 N–H and O–H groups in total. The molecule has 0 unspecified atom stereocenters. The summed E-state index contributed by atoms with van der Waals surface area (Å²) in [5.41, 5.74) is 2.54. The molecule has 154 valence electrons. The second-order valence-corrected chi connectivity index (χ2v) is 7.11. The van der Waals surface area contributed by atoms with E-state index < -0.39 is 0 Å². The largest absolute Gasteiger partial charge is 0.493 e. The van der Waals surface area contributed by atoms with Gasteiger partial charge in [0.15, 0.2) is 17.3 Å². The van der Waals surface area contributed by atoms with Crippen LogP contribution in [0.3, 0.4) is 0 Å². The van der Waals surface area contributed by atoms with Gasteiger partial charge in [0.1, 0.15) is 0 Å². The molecular formula is C23H28N2O4. The van der Waals surface area contributed by atoms with Crippen LogP contribution in [0.2, 0.25) is 0 Å². The quantitative estimate of drug-likeness (QED) is 0.674. The lowest BCUT2D eigenvalue weighted by molar-refractivity contribution is 0.0624. The molecule has 3 rings (SSSR count). The van der Waals surface area contributed by atoms with Crippen LogP contribution in [0.1, 0.15) is 33.2 Å². The van der Waals surface area contributed by atoms with Crippen LogP contribution in [0.25, 0.3) is 0 Å². The van der Waals surface area contributed by atoms with Crippen LogP contribution >= 0.6 is 0 Å². The molecule has 1 fully saturated rings. The SMILES string of the molecule is CCc1ccc(C(=O)CN2CCN(C(=O)c3ccc(OC)c(OC)c3)CC2)cc1. The Labute approximate surface area is 172 Å². The van der Waals surface area contributed by atoms with Gasteiger partial charge in [0.05, 0.1) is 20.8 Å². The third-order valence-corrected chi connectivity index (χ3v) is 5.34. The van der Waals surface area contributed by atoms with Gasteiger partial charge in [-0.25, -0.2) is 0 Å². The fourth-order valence-corrected chi connectivity index (χ4v) is 3.48. The zero-order chi connectivity index (χ0) is 20.8. The Morgan fingerprint density at radius 3 is 2.07 bits per heavy atom. The van der Waals surface area contributed by atoms with Crippen LogP contribution in [0.5, 0.6) is 11.5 Å². The number of ketones is 1. The number of nitrogens with zero attached hydrogens (tertiary/aromatic N) is 2. The van der Waals surface area contributed by atoms with E-state index in [2.05, 4.69) is 11.8 Å². The molecular weight excluding hydrogens is 368 g/mol. The van der Waals surface area contributed by atoms with Gasteiger partial charge in [0.25, 0.3) is 5.91 Å². The van der Waals surface area contributed by atoms with Crippen molar-refractivity contribution in [2.45, 2.75) is 13.3 Å². The molecule has 2 aromatic rings. The van der Waals surface area contributed by atoms with Crippen molar-refractivity contribution in [3.05, 3.63) is 59.2 Å². The summed E-state index contributed by atoms with van der Waals surface area (Å²) in [7, 11) is 3.12. The van der Waals surface area contributed by atoms with E-state index >= 15 is 0 Å². The van der Waals surface area contributed by atoms with Gasteiger partial charge >= 0.3 is 0 Å². The minimum atomic E-state index is -0.0351. The maximum Gasteiger partial charge on any atom is 0.254 e. The Kier molecular flexibility index (Phi) is 6.88. The minimum Gasteiger partial charge on any atom is -0.493 e. The number of piperazine rings is 1. The molecule has 1 amide bonds. The van der Waals surface area contributed by atoms with Crippen molar-refractivity contribution in [2.24, 2.45) is 0 Å². The standard InChI is InChI=1S/C23H28N2O4/c1-4-17-5-7-18(8-6-17)20(26)16-24-11-13-25(14-12-24)23(27)19-9-10-21(28-2)22(15-19)29-3/h5-10,15H,4,11-14,16H2,1-3H3. The lowest BCUT2D eigenvalue weighted by Gasteiger charge is -2.34.